The lowest BCUT2D eigenvalue weighted by molar-refractivity contribution is 0.0957. The van der Waals surface area contributed by atoms with Crippen LogP contribution in [0.5, 0.6) is 0 Å². The highest BCUT2D eigenvalue weighted by Gasteiger charge is 2.15. The van der Waals surface area contributed by atoms with Crippen LogP contribution in [-0.4, -0.2) is 42.0 Å². The average Bonchev–Trinajstić information content (AvgIpc) is 2.47. The molecule has 0 aliphatic rings. The first-order chi connectivity index (χ1) is 10.5. The molecule has 118 valence electrons. The number of amides is 6. The van der Waals surface area contributed by atoms with Crippen molar-refractivity contribution in [3.63, 3.8) is 0 Å². The number of nitrogens with zero attached hydrogens (tertiary/aromatic N) is 1. The van der Waals surface area contributed by atoms with Crippen LogP contribution in [0.1, 0.15) is 34.8 Å². The van der Waals surface area contributed by atoms with Gasteiger partial charge in [-0.3, -0.25) is 20.2 Å². The molecule has 6 amide bonds. The third-order valence-electron chi connectivity index (χ3n) is 2.34. The Bertz CT molecular complexity index is 540. The van der Waals surface area contributed by atoms with E-state index < -0.39 is 23.9 Å². The minimum absolute atomic E-state index is 0.116. The fourth-order valence-electron chi connectivity index (χ4n) is 1.43. The third kappa shape index (κ3) is 5.19. The highest BCUT2D eigenvalue weighted by Crippen LogP contribution is 2.00. The van der Waals surface area contributed by atoms with Crippen molar-refractivity contribution in [1.29, 1.82) is 0 Å². The van der Waals surface area contributed by atoms with Crippen molar-refractivity contribution in [2.75, 3.05) is 13.1 Å². The first kappa shape index (κ1) is 17.1. The summed E-state index contributed by atoms with van der Waals surface area (Å²) in [4.78, 5) is 49.9. The molecule has 0 fully saturated rings. The largest absolute Gasteiger partial charge is 0.338 e. The number of carbonyl (C=O) groups excluding carboxylic acids is 4. The molecular weight excluding hydrogens is 290 g/mol. The Labute approximate surface area is 126 Å². The minimum Gasteiger partial charge on any atom is -0.338 e. The van der Waals surface area contributed by atoms with Crippen LogP contribution in [0.25, 0.3) is 0 Å². The molecule has 0 saturated heterocycles. The molecule has 22 heavy (non-hydrogen) atoms. The van der Waals surface area contributed by atoms with E-state index in [-0.39, 0.29) is 11.4 Å². The van der Waals surface area contributed by atoms with Crippen molar-refractivity contribution >= 4 is 23.9 Å². The van der Waals surface area contributed by atoms with Crippen LogP contribution in [0, 0.1) is 0 Å². The van der Waals surface area contributed by atoms with Crippen LogP contribution < -0.4 is 21.3 Å². The van der Waals surface area contributed by atoms with Crippen LogP contribution in [0.3, 0.4) is 0 Å². The highest BCUT2D eigenvalue weighted by molar-refractivity contribution is 6.05. The lowest BCUT2D eigenvalue weighted by atomic mass is 10.2. The van der Waals surface area contributed by atoms with Crippen molar-refractivity contribution in [1.82, 2.24) is 26.3 Å². The zero-order valence-electron chi connectivity index (χ0n) is 12.2. The molecule has 1 rings (SSSR count). The highest BCUT2D eigenvalue weighted by atomic mass is 16.2. The Morgan fingerprint density at radius 1 is 0.864 bits per heavy atom. The summed E-state index contributed by atoms with van der Waals surface area (Å²) in [6, 6.07) is 2.79. The number of nitrogens with one attached hydrogen (secondary N) is 4. The molecule has 0 aliphatic carbocycles. The van der Waals surface area contributed by atoms with Gasteiger partial charge in [0.1, 0.15) is 11.4 Å². The van der Waals surface area contributed by atoms with Crippen molar-refractivity contribution in [3.05, 3.63) is 29.6 Å². The van der Waals surface area contributed by atoms with Crippen LogP contribution in [0.4, 0.5) is 9.59 Å². The number of aromatic nitrogens is 1. The van der Waals surface area contributed by atoms with E-state index in [0.29, 0.717) is 13.1 Å². The van der Waals surface area contributed by atoms with Gasteiger partial charge in [0.2, 0.25) is 0 Å². The maximum atomic E-state index is 11.8. The fraction of sp³-hybridized carbons (Fsp3) is 0.308. The topological polar surface area (TPSA) is 129 Å². The van der Waals surface area contributed by atoms with E-state index in [9.17, 15) is 19.2 Å². The molecule has 0 spiro atoms. The van der Waals surface area contributed by atoms with E-state index >= 15 is 0 Å². The van der Waals surface area contributed by atoms with E-state index in [1.165, 1.54) is 18.2 Å². The van der Waals surface area contributed by atoms with Gasteiger partial charge < -0.3 is 10.6 Å². The molecule has 1 heterocycles. The van der Waals surface area contributed by atoms with Gasteiger partial charge in [-0.2, -0.15) is 0 Å². The average molecular weight is 307 g/mol. The summed E-state index contributed by atoms with van der Waals surface area (Å²) in [6.07, 6.45) is 0. The molecule has 0 unspecified atom stereocenters. The van der Waals surface area contributed by atoms with E-state index in [0.717, 1.165) is 0 Å². The molecule has 1 aromatic rings. The first-order valence-corrected chi connectivity index (χ1v) is 6.63. The molecule has 0 bridgehead atoms. The lowest BCUT2D eigenvalue weighted by Gasteiger charge is -2.06. The van der Waals surface area contributed by atoms with E-state index in [2.05, 4.69) is 26.3 Å². The molecular formula is C13H17N5O4. The van der Waals surface area contributed by atoms with Crippen molar-refractivity contribution < 1.29 is 19.2 Å². The Morgan fingerprint density at radius 2 is 1.27 bits per heavy atom. The van der Waals surface area contributed by atoms with Gasteiger partial charge in [-0.05, 0) is 26.0 Å². The lowest BCUT2D eigenvalue weighted by Crippen LogP contribution is -2.41. The first-order valence-electron chi connectivity index (χ1n) is 6.63. The Morgan fingerprint density at radius 3 is 1.64 bits per heavy atom. The molecule has 0 aliphatic heterocycles. The number of hydrogen-bond acceptors (Lipinski definition) is 5. The van der Waals surface area contributed by atoms with Gasteiger partial charge in [0, 0.05) is 13.1 Å². The standard InChI is InChI=1S/C13H17N5O4/c1-3-14-12(21)17-10(19)8-6-5-7-9(16-8)11(20)18-13(22)15-4-2/h5-7H,3-4H2,1-2H3,(H2,14,17,19,21)(H2,15,18,20,22). The smallest absolute Gasteiger partial charge is 0.321 e. The van der Waals surface area contributed by atoms with Crippen LogP contribution in [0.2, 0.25) is 0 Å². The van der Waals surface area contributed by atoms with E-state index in [1.54, 1.807) is 13.8 Å². The van der Waals surface area contributed by atoms with Gasteiger partial charge in [0.15, 0.2) is 0 Å². The van der Waals surface area contributed by atoms with E-state index in [4.69, 9.17) is 0 Å². The zero-order chi connectivity index (χ0) is 16.5. The number of imide groups is 2. The summed E-state index contributed by atoms with van der Waals surface area (Å²) in [7, 11) is 0. The number of carbonyl (C=O) groups is 4. The molecule has 0 aromatic carbocycles. The molecule has 1 aromatic heterocycles. The number of hydrogen-bond donors (Lipinski definition) is 4. The molecule has 9 nitrogen and oxygen atoms in total. The predicted octanol–water partition coefficient (Wildman–Crippen LogP) is 0.000200. The van der Waals surface area contributed by atoms with Gasteiger partial charge in [0.05, 0.1) is 0 Å². The van der Waals surface area contributed by atoms with Crippen LogP contribution in [-0.2, 0) is 0 Å². The summed E-state index contributed by atoms with van der Waals surface area (Å²) in [5, 5.41) is 8.91. The van der Waals surface area contributed by atoms with Gasteiger partial charge >= 0.3 is 12.1 Å². The maximum absolute atomic E-state index is 11.8. The van der Waals surface area contributed by atoms with Crippen molar-refractivity contribution in [3.8, 4) is 0 Å². The minimum atomic E-state index is -0.751. The Balaban J connectivity index is 2.77. The van der Waals surface area contributed by atoms with Crippen molar-refractivity contribution in [2.45, 2.75) is 13.8 Å². The van der Waals surface area contributed by atoms with Gasteiger partial charge in [-0.25, -0.2) is 14.6 Å². The third-order valence-corrected chi connectivity index (χ3v) is 2.34. The predicted molar refractivity (Wildman–Crippen MR) is 77.3 cm³/mol. The number of rotatable bonds is 4. The van der Waals surface area contributed by atoms with Crippen LogP contribution in [0.15, 0.2) is 18.2 Å². The monoisotopic (exact) mass is 307 g/mol. The van der Waals surface area contributed by atoms with E-state index in [1.807, 2.05) is 0 Å². The second kappa shape index (κ2) is 8.35. The summed E-state index contributed by atoms with van der Waals surface area (Å²) < 4.78 is 0. The second-order valence-electron chi connectivity index (χ2n) is 4.04. The summed E-state index contributed by atoms with van der Waals surface area (Å²) >= 11 is 0. The molecule has 0 radical (unpaired) electrons. The van der Waals surface area contributed by atoms with Gasteiger partial charge in [0.25, 0.3) is 11.8 Å². The van der Waals surface area contributed by atoms with Gasteiger partial charge in [-0.1, -0.05) is 6.07 Å². The quantitative estimate of drug-likeness (QED) is 0.622. The number of pyridine rings is 1. The SMILES string of the molecule is CCNC(=O)NC(=O)c1cccc(C(=O)NC(=O)NCC)n1. The summed E-state index contributed by atoms with van der Waals surface area (Å²) in [5.41, 5.74) is -0.232. The van der Waals surface area contributed by atoms with Crippen LogP contribution >= 0.6 is 0 Å². The molecule has 0 saturated carbocycles. The van der Waals surface area contributed by atoms with Crippen molar-refractivity contribution in [2.24, 2.45) is 0 Å². The number of urea groups is 2. The summed E-state index contributed by atoms with van der Waals surface area (Å²) in [5.74, 6) is -1.50. The van der Waals surface area contributed by atoms with Gasteiger partial charge in [-0.15, -0.1) is 0 Å². The molecule has 0 atom stereocenters. The molecule has 4 N–H and O–H groups in total. The maximum Gasteiger partial charge on any atom is 0.321 e. The normalized spacial score (nSPS) is 9.55. The fourth-order valence-corrected chi connectivity index (χ4v) is 1.43. The second-order valence-corrected chi connectivity index (χ2v) is 4.04. The molecule has 9 heteroatoms. The summed E-state index contributed by atoms with van der Waals surface area (Å²) in [6.45, 7) is 4.13. The zero-order valence-corrected chi connectivity index (χ0v) is 12.2. The Hall–Kier alpha value is -2.97. The Kier molecular flexibility index (Phi) is 6.48.